The van der Waals surface area contributed by atoms with E-state index in [2.05, 4.69) is 21.8 Å². The van der Waals surface area contributed by atoms with E-state index < -0.39 is 0 Å². The van der Waals surface area contributed by atoms with Crippen molar-refractivity contribution in [2.24, 2.45) is 0 Å². The Kier molecular flexibility index (Phi) is 5.18. The molecule has 0 fully saturated rings. The molecule has 0 aromatic carbocycles. The lowest BCUT2D eigenvalue weighted by molar-refractivity contribution is 0.128. The normalized spacial score (nSPS) is 12.7. The van der Waals surface area contributed by atoms with Gasteiger partial charge in [-0.15, -0.1) is 0 Å². The van der Waals surface area contributed by atoms with Gasteiger partial charge in [0.1, 0.15) is 0 Å². The molecule has 1 unspecified atom stereocenters. The van der Waals surface area contributed by atoms with Crippen LogP contribution in [0.15, 0.2) is 12.4 Å². The summed E-state index contributed by atoms with van der Waals surface area (Å²) in [5.74, 6) is 0.937. The van der Waals surface area contributed by atoms with E-state index in [0.29, 0.717) is 0 Å². The summed E-state index contributed by atoms with van der Waals surface area (Å²) in [6.07, 6.45) is 6.43. The molecule has 0 aliphatic rings. The van der Waals surface area contributed by atoms with E-state index in [1.165, 1.54) is 12.8 Å². The first-order chi connectivity index (χ1) is 7.27. The molecule has 0 radical (unpaired) electrons. The molecule has 4 heteroatoms. The molecule has 86 valence electrons. The molecule has 4 nitrogen and oxygen atoms in total. The number of methoxy groups -OCH3 is 1. The zero-order valence-corrected chi connectivity index (χ0v) is 9.86. The maximum Gasteiger partial charge on any atom is 0.202 e. The third-order valence-corrected chi connectivity index (χ3v) is 2.42. The monoisotopic (exact) mass is 211 g/mol. The summed E-state index contributed by atoms with van der Waals surface area (Å²) >= 11 is 0. The van der Waals surface area contributed by atoms with Gasteiger partial charge in [0, 0.05) is 32.6 Å². The standard InChI is InChI=1S/C11H21N3O/c1-4-5-7-14-8-6-12-11(14)13-9-10(2)15-3/h6,8,10H,4-5,7,9H2,1-3H3,(H,12,13). The van der Waals surface area contributed by atoms with Crippen LogP contribution in [-0.4, -0.2) is 29.3 Å². The van der Waals surface area contributed by atoms with Crippen molar-refractivity contribution < 1.29 is 4.74 Å². The van der Waals surface area contributed by atoms with Gasteiger partial charge in [-0.1, -0.05) is 13.3 Å². The fourth-order valence-corrected chi connectivity index (χ4v) is 1.30. The van der Waals surface area contributed by atoms with Gasteiger partial charge < -0.3 is 14.6 Å². The minimum atomic E-state index is 0.210. The lowest BCUT2D eigenvalue weighted by Gasteiger charge is -2.12. The lowest BCUT2D eigenvalue weighted by Crippen LogP contribution is -2.20. The molecule has 0 aliphatic heterocycles. The summed E-state index contributed by atoms with van der Waals surface area (Å²) in [5, 5.41) is 3.28. The molecule has 0 aliphatic carbocycles. The second kappa shape index (κ2) is 6.45. The van der Waals surface area contributed by atoms with Crippen molar-refractivity contribution in [1.29, 1.82) is 0 Å². The van der Waals surface area contributed by atoms with Gasteiger partial charge in [0.15, 0.2) is 0 Å². The van der Waals surface area contributed by atoms with Crippen LogP contribution >= 0.6 is 0 Å². The third kappa shape index (κ3) is 3.91. The molecule has 1 heterocycles. The number of unbranched alkanes of at least 4 members (excludes halogenated alkanes) is 1. The summed E-state index contributed by atoms with van der Waals surface area (Å²) in [6.45, 7) is 6.04. The highest BCUT2D eigenvalue weighted by Crippen LogP contribution is 2.06. The number of imidazole rings is 1. The van der Waals surface area contributed by atoms with Crippen LogP contribution < -0.4 is 5.32 Å². The number of nitrogens with zero attached hydrogens (tertiary/aromatic N) is 2. The molecular formula is C11H21N3O. The maximum atomic E-state index is 5.17. The predicted octanol–water partition coefficient (Wildman–Crippen LogP) is 2.13. The van der Waals surface area contributed by atoms with E-state index in [1.54, 1.807) is 7.11 Å². The van der Waals surface area contributed by atoms with Crippen LogP contribution in [0.25, 0.3) is 0 Å². The molecule has 1 aromatic heterocycles. The Morgan fingerprint density at radius 3 is 3.07 bits per heavy atom. The number of hydrogen-bond donors (Lipinski definition) is 1. The first-order valence-corrected chi connectivity index (χ1v) is 5.55. The number of anilines is 1. The van der Waals surface area contributed by atoms with Crippen molar-refractivity contribution >= 4 is 5.95 Å². The number of aromatic nitrogens is 2. The first kappa shape index (κ1) is 12.0. The summed E-state index contributed by atoms with van der Waals surface area (Å²) in [4.78, 5) is 4.27. The fraction of sp³-hybridized carbons (Fsp3) is 0.727. The second-order valence-corrected chi connectivity index (χ2v) is 3.73. The Bertz CT molecular complexity index is 273. The summed E-state index contributed by atoms with van der Waals surface area (Å²) in [5.41, 5.74) is 0. The number of aryl methyl sites for hydroxylation is 1. The molecule has 0 bridgehead atoms. The van der Waals surface area contributed by atoms with Crippen molar-refractivity contribution in [2.45, 2.75) is 39.3 Å². The van der Waals surface area contributed by atoms with Crippen molar-refractivity contribution in [1.82, 2.24) is 9.55 Å². The van der Waals surface area contributed by atoms with E-state index in [4.69, 9.17) is 4.74 Å². The summed E-state index contributed by atoms with van der Waals surface area (Å²) < 4.78 is 7.31. The van der Waals surface area contributed by atoms with Crippen LogP contribution in [0.4, 0.5) is 5.95 Å². The molecule has 15 heavy (non-hydrogen) atoms. The molecular weight excluding hydrogens is 190 g/mol. The van der Waals surface area contributed by atoms with Gasteiger partial charge >= 0.3 is 0 Å². The second-order valence-electron chi connectivity index (χ2n) is 3.73. The van der Waals surface area contributed by atoms with E-state index >= 15 is 0 Å². The third-order valence-electron chi connectivity index (χ3n) is 2.42. The van der Waals surface area contributed by atoms with Gasteiger partial charge in [-0.3, -0.25) is 0 Å². The summed E-state index contributed by atoms with van der Waals surface area (Å²) in [6, 6.07) is 0. The van der Waals surface area contributed by atoms with Crippen molar-refractivity contribution in [3.05, 3.63) is 12.4 Å². The zero-order chi connectivity index (χ0) is 11.1. The summed E-state index contributed by atoms with van der Waals surface area (Å²) in [7, 11) is 1.72. The first-order valence-electron chi connectivity index (χ1n) is 5.55. The number of hydrogen-bond acceptors (Lipinski definition) is 3. The average molecular weight is 211 g/mol. The highest BCUT2D eigenvalue weighted by atomic mass is 16.5. The number of rotatable bonds is 7. The van der Waals surface area contributed by atoms with Gasteiger partial charge in [-0.25, -0.2) is 4.98 Å². The lowest BCUT2D eigenvalue weighted by atomic mass is 10.3. The molecule has 1 N–H and O–H groups in total. The van der Waals surface area contributed by atoms with Crippen molar-refractivity contribution in [3.8, 4) is 0 Å². The van der Waals surface area contributed by atoms with E-state index in [0.717, 1.165) is 19.0 Å². The average Bonchev–Trinajstić information content (AvgIpc) is 2.70. The topological polar surface area (TPSA) is 39.1 Å². The minimum Gasteiger partial charge on any atom is -0.380 e. The van der Waals surface area contributed by atoms with Gasteiger partial charge in [0.05, 0.1) is 6.10 Å². The smallest absolute Gasteiger partial charge is 0.202 e. The van der Waals surface area contributed by atoms with Gasteiger partial charge in [0.25, 0.3) is 0 Å². The van der Waals surface area contributed by atoms with E-state index in [-0.39, 0.29) is 6.10 Å². The highest BCUT2D eigenvalue weighted by Gasteiger charge is 2.03. The Hall–Kier alpha value is -1.03. The van der Waals surface area contributed by atoms with Gasteiger partial charge in [-0.05, 0) is 13.3 Å². The quantitative estimate of drug-likeness (QED) is 0.751. The van der Waals surface area contributed by atoms with Crippen LogP contribution in [0.1, 0.15) is 26.7 Å². The fourth-order valence-electron chi connectivity index (χ4n) is 1.30. The van der Waals surface area contributed by atoms with Gasteiger partial charge in [0.2, 0.25) is 5.95 Å². The molecule has 0 amide bonds. The number of ether oxygens (including phenoxy) is 1. The maximum absolute atomic E-state index is 5.17. The Labute approximate surface area is 91.7 Å². The van der Waals surface area contributed by atoms with Crippen LogP contribution in [0.5, 0.6) is 0 Å². The minimum absolute atomic E-state index is 0.210. The zero-order valence-electron chi connectivity index (χ0n) is 9.86. The molecule has 0 saturated carbocycles. The Morgan fingerprint density at radius 2 is 2.40 bits per heavy atom. The van der Waals surface area contributed by atoms with Crippen LogP contribution in [0.2, 0.25) is 0 Å². The molecule has 0 saturated heterocycles. The molecule has 1 aromatic rings. The van der Waals surface area contributed by atoms with E-state index in [1.807, 2.05) is 19.3 Å². The highest BCUT2D eigenvalue weighted by molar-refractivity contribution is 5.25. The molecule has 1 rings (SSSR count). The Morgan fingerprint density at radius 1 is 1.60 bits per heavy atom. The predicted molar refractivity (Wildman–Crippen MR) is 62.1 cm³/mol. The Balaban J connectivity index is 2.42. The molecule has 0 spiro atoms. The van der Waals surface area contributed by atoms with Crippen LogP contribution in [0, 0.1) is 0 Å². The number of nitrogens with one attached hydrogen (secondary N) is 1. The SMILES string of the molecule is CCCCn1ccnc1NCC(C)OC. The van der Waals surface area contributed by atoms with Crippen molar-refractivity contribution in [3.63, 3.8) is 0 Å². The largest absolute Gasteiger partial charge is 0.380 e. The van der Waals surface area contributed by atoms with Crippen LogP contribution in [0.3, 0.4) is 0 Å². The molecule has 1 atom stereocenters. The van der Waals surface area contributed by atoms with Gasteiger partial charge in [-0.2, -0.15) is 0 Å². The van der Waals surface area contributed by atoms with E-state index in [9.17, 15) is 0 Å². The van der Waals surface area contributed by atoms with Crippen LogP contribution in [-0.2, 0) is 11.3 Å². The van der Waals surface area contributed by atoms with Crippen molar-refractivity contribution in [2.75, 3.05) is 19.0 Å².